The average Bonchev–Trinajstić information content (AvgIpc) is 3.43. The zero-order chi connectivity index (χ0) is 20.0. The largest absolute Gasteiger partial charge is 0.493 e. The molecular weight excluding hydrogens is 370 g/mol. The molecule has 2 N–H and O–H groups in total. The summed E-state index contributed by atoms with van der Waals surface area (Å²) in [4.78, 5) is 27.9. The molecule has 0 unspecified atom stereocenters. The van der Waals surface area contributed by atoms with E-state index in [1.807, 2.05) is 17.5 Å². The van der Waals surface area contributed by atoms with Crippen molar-refractivity contribution in [2.75, 3.05) is 30.4 Å². The van der Waals surface area contributed by atoms with Crippen LogP contribution in [0.2, 0.25) is 0 Å². The SMILES string of the molecule is COc1cc(NC(=O)c2cnc(N3CC(NC4CC4)C3)cn2)cn2cc(C)nc12. The molecule has 2 aliphatic rings. The van der Waals surface area contributed by atoms with Crippen molar-refractivity contribution < 1.29 is 9.53 Å². The van der Waals surface area contributed by atoms with Gasteiger partial charge in [0.1, 0.15) is 11.5 Å². The van der Waals surface area contributed by atoms with E-state index < -0.39 is 0 Å². The number of nitrogens with zero attached hydrogens (tertiary/aromatic N) is 5. The minimum Gasteiger partial charge on any atom is -0.493 e. The van der Waals surface area contributed by atoms with Gasteiger partial charge in [-0.3, -0.25) is 4.79 Å². The number of carbonyl (C=O) groups is 1. The molecule has 9 nitrogen and oxygen atoms in total. The molecule has 9 heteroatoms. The van der Waals surface area contributed by atoms with Gasteiger partial charge in [-0.25, -0.2) is 15.0 Å². The summed E-state index contributed by atoms with van der Waals surface area (Å²) >= 11 is 0. The molecule has 1 aliphatic carbocycles. The summed E-state index contributed by atoms with van der Waals surface area (Å²) < 4.78 is 7.22. The standard InChI is InChI=1S/C20H23N7O2/c1-12-8-27-9-14(5-17(29-2)19(27)23-12)25-20(28)16-6-22-18(7-21-16)26-10-15(11-26)24-13-3-4-13/h5-9,13,15,24H,3-4,10-11H2,1-2H3,(H,25,28). The Morgan fingerprint density at radius 3 is 2.69 bits per heavy atom. The van der Waals surface area contributed by atoms with E-state index >= 15 is 0 Å². The van der Waals surface area contributed by atoms with E-state index in [0.29, 0.717) is 29.2 Å². The lowest BCUT2D eigenvalue weighted by molar-refractivity contribution is 0.102. The van der Waals surface area contributed by atoms with Crippen molar-refractivity contribution in [3.63, 3.8) is 0 Å². The van der Waals surface area contributed by atoms with Crippen molar-refractivity contribution in [1.82, 2.24) is 24.7 Å². The highest BCUT2D eigenvalue weighted by Crippen LogP contribution is 2.25. The number of ether oxygens (including phenoxy) is 1. The molecule has 5 rings (SSSR count). The second-order valence-electron chi connectivity index (χ2n) is 7.67. The van der Waals surface area contributed by atoms with Gasteiger partial charge < -0.3 is 24.7 Å². The zero-order valence-corrected chi connectivity index (χ0v) is 16.4. The first kappa shape index (κ1) is 17.9. The molecule has 150 valence electrons. The molecule has 3 aromatic rings. The molecule has 0 atom stereocenters. The molecular formula is C20H23N7O2. The van der Waals surface area contributed by atoms with Crippen molar-refractivity contribution >= 4 is 23.1 Å². The van der Waals surface area contributed by atoms with Gasteiger partial charge in [-0.1, -0.05) is 0 Å². The second kappa shape index (κ2) is 7.00. The maximum Gasteiger partial charge on any atom is 0.275 e. The number of rotatable bonds is 6. The van der Waals surface area contributed by atoms with Crippen LogP contribution in [0, 0.1) is 6.92 Å². The lowest BCUT2D eigenvalue weighted by atomic mass is 10.1. The van der Waals surface area contributed by atoms with Gasteiger partial charge in [0.05, 0.1) is 30.9 Å². The number of aromatic nitrogens is 4. The van der Waals surface area contributed by atoms with Crippen molar-refractivity contribution in [3.05, 3.63) is 42.2 Å². The van der Waals surface area contributed by atoms with Gasteiger partial charge in [-0.15, -0.1) is 0 Å². The third-order valence-electron chi connectivity index (χ3n) is 5.24. The molecule has 0 bridgehead atoms. The van der Waals surface area contributed by atoms with Crippen LogP contribution in [0.15, 0.2) is 30.9 Å². The van der Waals surface area contributed by atoms with Gasteiger partial charge in [-0.2, -0.15) is 0 Å². The van der Waals surface area contributed by atoms with Crippen LogP contribution in [0.5, 0.6) is 5.75 Å². The number of nitrogens with one attached hydrogen (secondary N) is 2. The Labute approximate surface area is 168 Å². The molecule has 0 radical (unpaired) electrons. The number of hydrogen-bond acceptors (Lipinski definition) is 7. The zero-order valence-electron chi connectivity index (χ0n) is 16.4. The second-order valence-corrected chi connectivity index (χ2v) is 7.67. The maximum atomic E-state index is 12.6. The molecule has 0 aromatic carbocycles. The highest BCUT2D eigenvalue weighted by molar-refractivity contribution is 6.02. The smallest absolute Gasteiger partial charge is 0.275 e. The number of pyridine rings is 1. The summed E-state index contributed by atoms with van der Waals surface area (Å²) in [5, 5.41) is 6.45. The van der Waals surface area contributed by atoms with Crippen molar-refractivity contribution in [2.45, 2.75) is 31.8 Å². The molecule has 3 aromatic heterocycles. The lowest BCUT2D eigenvalue weighted by Gasteiger charge is -2.40. The summed E-state index contributed by atoms with van der Waals surface area (Å²) in [6, 6.07) is 2.99. The predicted octanol–water partition coefficient (Wildman–Crippen LogP) is 1.63. The van der Waals surface area contributed by atoms with Gasteiger partial charge in [0.15, 0.2) is 11.4 Å². The van der Waals surface area contributed by atoms with Crippen molar-refractivity contribution in [2.24, 2.45) is 0 Å². The number of hydrogen-bond donors (Lipinski definition) is 2. The normalized spacial score (nSPS) is 16.7. The van der Waals surface area contributed by atoms with E-state index in [-0.39, 0.29) is 11.6 Å². The summed E-state index contributed by atoms with van der Waals surface area (Å²) in [5.74, 6) is 1.07. The third-order valence-corrected chi connectivity index (χ3v) is 5.24. The number of imidazole rings is 1. The van der Waals surface area contributed by atoms with Crippen molar-refractivity contribution in [1.29, 1.82) is 0 Å². The molecule has 4 heterocycles. The minimum atomic E-state index is -0.320. The maximum absolute atomic E-state index is 12.6. The van der Waals surface area contributed by atoms with Crippen LogP contribution >= 0.6 is 0 Å². The molecule has 0 spiro atoms. The van der Waals surface area contributed by atoms with Gasteiger partial charge in [0, 0.05) is 43.6 Å². The summed E-state index contributed by atoms with van der Waals surface area (Å²) in [5.41, 5.74) is 2.44. The van der Waals surface area contributed by atoms with Crippen LogP contribution in [-0.4, -0.2) is 57.5 Å². The first-order valence-corrected chi connectivity index (χ1v) is 9.77. The van der Waals surface area contributed by atoms with Crippen LogP contribution in [0.4, 0.5) is 11.5 Å². The fourth-order valence-electron chi connectivity index (χ4n) is 3.56. The fraction of sp³-hybridized carbons (Fsp3) is 0.400. The Morgan fingerprint density at radius 2 is 2.00 bits per heavy atom. The van der Waals surface area contributed by atoms with E-state index in [1.54, 1.807) is 25.6 Å². The van der Waals surface area contributed by atoms with Crippen LogP contribution in [-0.2, 0) is 0 Å². The van der Waals surface area contributed by atoms with Crippen molar-refractivity contribution in [3.8, 4) is 5.75 Å². The number of methoxy groups -OCH3 is 1. The van der Waals surface area contributed by atoms with Crippen LogP contribution in [0.1, 0.15) is 29.0 Å². The van der Waals surface area contributed by atoms with E-state index in [4.69, 9.17) is 4.74 Å². The topological polar surface area (TPSA) is 96.7 Å². The van der Waals surface area contributed by atoms with Crippen LogP contribution in [0.3, 0.4) is 0 Å². The van der Waals surface area contributed by atoms with E-state index in [9.17, 15) is 4.79 Å². The Kier molecular flexibility index (Phi) is 4.31. The first-order valence-electron chi connectivity index (χ1n) is 9.77. The van der Waals surface area contributed by atoms with Gasteiger partial charge in [-0.05, 0) is 19.8 Å². The predicted molar refractivity (Wildman–Crippen MR) is 109 cm³/mol. The molecule has 29 heavy (non-hydrogen) atoms. The highest BCUT2D eigenvalue weighted by atomic mass is 16.5. The fourth-order valence-corrected chi connectivity index (χ4v) is 3.56. The number of aryl methyl sites for hydroxylation is 1. The number of fused-ring (bicyclic) bond motifs is 1. The third kappa shape index (κ3) is 3.61. The highest BCUT2D eigenvalue weighted by Gasteiger charge is 2.32. The number of amides is 1. The van der Waals surface area contributed by atoms with Gasteiger partial charge in [0.25, 0.3) is 5.91 Å². The summed E-state index contributed by atoms with van der Waals surface area (Å²) in [6.45, 7) is 3.77. The van der Waals surface area contributed by atoms with E-state index in [1.165, 1.54) is 19.0 Å². The Morgan fingerprint density at radius 1 is 1.17 bits per heavy atom. The molecule has 2 fully saturated rings. The number of carbonyl (C=O) groups excluding carboxylic acids is 1. The quantitative estimate of drug-likeness (QED) is 0.657. The Bertz CT molecular complexity index is 1050. The molecule has 1 saturated carbocycles. The molecule has 1 aliphatic heterocycles. The van der Waals surface area contributed by atoms with E-state index in [0.717, 1.165) is 24.6 Å². The Balaban J connectivity index is 1.25. The number of anilines is 2. The van der Waals surface area contributed by atoms with Gasteiger partial charge in [0.2, 0.25) is 0 Å². The summed E-state index contributed by atoms with van der Waals surface area (Å²) in [7, 11) is 1.58. The first-order chi connectivity index (χ1) is 14.1. The molecule has 1 amide bonds. The average molecular weight is 393 g/mol. The van der Waals surface area contributed by atoms with Crippen LogP contribution < -0.4 is 20.3 Å². The minimum absolute atomic E-state index is 0.266. The lowest BCUT2D eigenvalue weighted by Crippen LogP contribution is -2.59. The van der Waals surface area contributed by atoms with E-state index in [2.05, 4.69) is 30.5 Å². The molecule has 1 saturated heterocycles. The summed E-state index contributed by atoms with van der Waals surface area (Å²) in [6.07, 6.45) is 9.43. The Hall–Kier alpha value is -3.20. The monoisotopic (exact) mass is 393 g/mol. The van der Waals surface area contributed by atoms with Crippen LogP contribution in [0.25, 0.3) is 5.65 Å². The van der Waals surface area contributed by atoms with Gasteiger partial charge >= 0.3 is 0 Å².